The number of hydrogen-bond donors (Lipinski definition) is 1. The number of unbranched alkanes of at least 4 members (excludes halogenated alkanes) is 1. The van der Waals surface area contributed by atoms with E-state index >= 15 is 0 Å². The van der Waals surface area contributed by atoms with Crippen LogP contribution in [0.2, 0.25) is 0 Å². The van der Waals surface area contributed by atoms with Gasteiger partial charge in [0.15, 0.2) is 12.4 Å². The maximum atomic E-state index is 5.26. The molecule has 158 valence electrons. The van der Waals surface area contributed by atoms with Crippen LogP contribution in [0.1, 0.15) is 31.0 Å². The minimum Gasteiger partial charge on any atom is -0.334 e. The molecule has 0 saturated heterocycles. The Morgan fingerprint density at radius 2 is 1.32 bits per heavy atom. The number of rotatable bonds is 8. The van der Waals surface area contributed by atoms with Crippen LogP contribution in [0.15, 0.2) is 90.1 Å². The SMILES string of the molecule is CCCCSc1nc([P+](c2ccccc2)(c2ccccc2)c2ccc(C)cc2)c(C)[nH]1. The zero-order valence-electron chi connectivity index (χ0n) is 18.5. The van der Waals surface area contributed by atoms with Crippen LogP contribution in [-0.2, 0) is 0 Å². The quantitative estimate of drug-likeness (QED) is 0.219. The molecule has 0 amide bonds. The van der Waals surface area contributed by atoms with Gasteiger partial charge in [-0.3, -0.25) is 0 Å². The van der Waals surface area contributed by atoms with Crippen molar-refractivity contribution in [2.75, 3.05) is 5.75 Å². The van der Waals surface area contributed by atoms with Gasteiger partial charge < -0.3 is 4.98 Å². The van der Waals surface area contributed by atoms with Gasteiger partial charge in [0.05, 0.1) is 5.69 Å². The van der Waals surface area contributed by atoms with E-state index in [4.69, 9.17) is 4.98 Å². The predicted molar refractivity (Wildman–Crippen MR) is 138 cm³/mol. The van der Waals surface area contributed by atoms with Crippen LogP contribution in [0.25, 0.3) is 0 Å². The molecule has 31 heavy (non-hydrogen) atoms. The Labute approximate surface area is 190 Å². The number of imidazole rings is 1. The van der Waals surface area contributed by atoms with Crippen molar-refractivity contribution in [2.24, 2.45) is 0 Å². The first-order valence-corrected chi connectivity index (χ1v) is 13.7. The first-order chi connectivity index (χ1) is 15.2. The topological polar surface area (TPSA) is 28.7 Å². The molecule has 1 aromatic heterocycles. The van der Waals surface area contributed by atoms with Gasteiger partial charge in [-0.2, -0.15) is 4.98 Å². The second-order valence-corrected chi connectivity index (χ2v) is 12.3. The van der Waals surface area contributed by atoms with Gasteiger partial charge in [0.1, 0.15) is 15.9 Å². The standard InChI is InChI=1S/C27H30N2PS/c1-4-5-20-31-27-28-22(3)26(29-27)30(23-12-8-6-9-13-23,24-14-10-7-11-15-24)25-18-16-21(2)17-19-25/h6-19H,4-5,20H2,1-3H3,(H,28,29)/q+1. The van der Waals surface area contributed by atoms with Crippen molar-refractivity contribution < 1.29 is 0 Å². The number of thioether (sulfide) groups is 1. The highest BCUT2D eigenvalue weighted by atomic mass is 32.2. The highest BCUT2D eigenvalue weighted by molar-refractivity contribution is 8.01. The van der Waals surface area contributed by atoms with E-state index < -0.39 is 7.26 Å². The molecule has 0 aliphatic rings. The Morgan fingerprint density at radius 3 is 1.87 bits per heavy atom. The van der Waals surface area contributed by atoms with E-state index in [0.717, 1.165) is 10.9 Å². The maximum Gasteiger partial charge on any atom is 0.219 e. The molecule has 0 aliphatic heterocycles. The summed E-state index contributed by atoms with van der Waals surface area (Å²) in [5.74, 6) is 1.09. The van der Waals surface area contributed by atoms with E-state index in [1.165, 1.54) is 45.4 Å². The van der Waals surface area contributed by atoms with Crippen LogP contribution in [0, 0.1) is 13.8 Å². The van der Waals surface area contributed by atoms with Gasteiger partial charge in [0.2, 0.25) is 5.44 Å². The number of H-pyrrole nitrogens is 1. The first kappa shape index (κ1) is 21.9. The molecule has 0 aliphatic carbocycles. The average molecular weight is 446 g/mol. The molecule has 4 rings (SSSR count). The van der Waals surface area contributed by atoms with Crippen LogP contribution in [0.5, 0.6) is 0 Å². The number of benzene rings is 3. The molecule has 0 bridgehead atoms. The Kier molecular flexibility index (Phi) is 6.95. The van der Waals surface area contributed by atoms with Crippen molar-refractivity contribution in [1.82, 2.24) is 9.97 Å². The molecule has 4 aromatic rings. The minimum absolute atomic E-state index is 1.03. The number of aryl methyl sites for hydroxylation is 2. The molecular weight excluding hydrogens is 415 g/mol. The third-order valence-electron chi connectivity index (χ3n) is 5.60. The summed E-state index contributed by atoms with van der Waals surface area (Å²) in [4.78, 5) is 8.87. The van der Waals surface area contributed by atoms with Crippen LogP contribution < -0.4 is 21.3 Å². The van der Waals surface area contributed by atoms with Gasteiger partial charge in [-0.25, -0.2) is 0 Å². The Bertz CT molecular complexity index is 1070. The second kappa shape index (κ2) is 9.85. The Morgan fingerprint density at radius 1 is 0.774 bits per heavy atom. The molecule has 2 nitrogen and oxygen atoms in total. The van der Waals surface area contributed by atoms with E-state index in [2.05, 4.69) is 111 Å². The van der Waals surface area contributed by atoms with Crippen LogP contribution in [0.3, 0.4) is 0 Å². The fourth-order valence-corrected chi connectivity index (χ4v) is 9.37. The van der Waals surface area contributed by atoms with Crippen LogP contribution in [0.4, 0.5) is 0 Å². The lowest BCUT2D eigenvalue weighted by Crippen LogP contribution is -2.40. The van der Waals surface area contributed by atoms with Crippen molar-refractivity contribution in [2.45, 2.75) is 38.8 Å². The number of aromatic amines is 1. The highest BCUT2D eigenvalue weighted by Gasteiger charge is 2.51. The molecule has 3 aromatic carbocycles. The van der Waals surface area contributed by atoms with Crippen molar-refractivity contribution >= 4 is 40.4 Å². The zero-order valence-corrected chi connectivity index (χ0v) is 20.2. The van der Waals surface area contributed by atoms with Crippen molar-refractivity contribution in [3.05, 3.63) is 96.2 Å². The maximum absolute atomic E-state index is 5.26. The van der Waals surface area contributed by atoms with Gasteiger partial charge in [-0.15, -0.1) is 0 Å². The van der Waals surface area contributed by atoms with E-state index in [0.29, 0.717) is 0 Å². The van der Waals surface area contributed by atoms with E-state index in [-0.39, 0.29) is 0 Å². The molecule has 0 radical (unpaired) electrons. The fourth-order valence-electron chi connectivity index (χ4n) is 4.02. The van der Waals surface area contributed by atoms with E-state index in [9.17, 15) is 0 Å². The molecule has 4 heteroatoms. The summed E-state index contributed by atoms with van der Waals surface area (Å²) in [5.41, 5.74) is 3.63. The largest absolute Gasteiger partial charge is 0.334 e. The summed E-state index contributed by atoms with van der Waals surface area (Å²) < 4.78 is 0. The van der Waals surface area contributed by atoms with Crippen molar-refractivity contribution in [3.8, 4) is 0 Å². The molecule has 0 atom stereocenters. The number of aromatic nitrogens is 2. The number of nitrogens with zero attached hydrogens (tertiary/aromatic N) is 1. The lowest BCUT2D eigenvalue weighted by molar-refractivity contribution is 0.892. The van der Waals surface area contributed by atoms with Gasteiger partial charge in [0.25, 0.3) is 0 Å². The normalized spacial score (nSPS) is 11.6. The summed E-state index contributed by atoms with van der Waals surface area (Å²) >= 11 is 1.84. The van der Waals surface area contributed by atoms with Gasteiger partial charge in [-0.1, -0.05) is 79.2 Å². The third-order valence-corrected chi connectivity index (χ3v) is 10.8. The molecule has 0 saturated carbocycles. The van der Waals surface area contributed by atoms with Crippen LogP contribution in [-0.4, -0.2) is 15.7 Å². The lowest BCUT2D eigenvalue weighted by atomic mass is 10.2. The number of nitrogens with one attached hydrogen (secondary N) is 1. The lowest BCUT2D eigenvalue weighted by Gasteiger charge is -2.26. The summed E-state index contributed by atoms with van der Waals surface area (Å²) in [6.45, 7) is 6.57. The molecule has 1 heterocycles. The van der Waals surface area contributed by atoms with Gasteiger partial charge >= 0.3 is 0 Å². The van der Waals surface area contributed by atoms with Gasteiger partial charge in [0, 0.05) is 5.75 Å². The highest BCUT2D eigenvalue weighted by Crippen LogP contribution is 2.54. The number of hydrogen-bond acceptors (Lipinski definition) is 2. The molecule has 1 N–H and O–H groups in total. The van der Waals surface area contributed by atoms with E-state index in [1.54, 1.807) is 0 Å². The summed E-state index contributed by atoms with van der Waals surface area (Å²) in [6.07, 6.45) is 2.41. The van der Waals surface area contributed by atoms with Crippen molar-refractivity contribution in [3.63, 3.8) is 0 Å². The molecule has 0 fully saturated rings. The third kappa shape index (κ3) is 4.35. The van der Waals surface area contributed by atoms with Crippen LogP contribution >= 0.6 is 19.0 Å². The molecule has 0 spiro atoms. The summed E-state index contributed by atoms with van der Waals surface area (Å²) in [5, 5.41) is 5.05. The van der Waals surface area contributed by atoms with E-state index in [1.807, 2.05) is 11.8 Å². The molecule has 0 unspecified atom stereocenters. The summed E-state index contributed by atoms with van der Waals surface area (Å²) in [6, 6.07) is 31.0. The Balaban J connectivity index is 2.00. The smallest absolute Gasteiger partial charge is 0.219 e. The minimum atomic E-state index is -2.14. The Hall–Kier alpha value is -2.35. The predicted octanol–water partition coefficient (Wildman–Crippen LogP) is 5.54. The second-order valence-electron chi connectivity index (χ2n) is 7.87. The van der Waals surface area contributed by atoms with Crippen molar-refractivity contribution in [1.29, 1.82) is 0 Å². The van der Waals surface area contributed by atoms with Gasteiger partial charge in [-0.05, 0) is 56.7 Å². The average Bonchev–Trinajstić information content (AvgIpc) is 3.18. The first-order valence-electron chi connectivity index (χ1n) is 10.9. The molecular formula is C27H30N2PS+. The monoisotopic (exact) mass is 445 g/mol. The summed E-state index contributed by atoms with van der Waals surface area (Å²) in [7, 11) is -2.14. The zero-order chi connectivity index (χ0) is 21.7. The fraction of sp³-hybridized carbons (Fsp3) is 0.222.